The van der Waals surface area contributed by atoms with Gasteiger partial charge in [0.15, 0.2) is 0 Å². The Morgan fingerprint density at radius 1 is 1.32 bits per heavy atom. The largest absolute Gasteiger partial charge is 0.493 e. The van der Waals surface area contributed by atoms with Crippen molar-refractivity contribution in [3.8, 4) is 0 Å². The van der Waals surface area contributed by atoms with Gasteiger partial charge in [0.05, 0.1) is 12.0 Å². The van der Waals surface area contributed by atoms with Crippen LogP contribution in [-0.4, -0.2) is 24.6 Å². The van der Waals surface area contributed by atoms with Crippen molar-refractivity contribution in [3.63, 3.8) is 0 Å². The van der Waals surface area contributed by atoms with Crippen LogP contribution >= 0.6 is 22.6 Å². The molecule has 0 amide bonds. The zero-order valence-corrected chi connectivity index (χ0v) is 15.2. The summed E-state index contributed by atoms with van der Waals surface area (Å²) in [6, 6.07) is 0. The fourth-order valence-electron chi connectivity index (χ4n) is 4.04. The lowest BCUT2D eigenvalue weighted by molar-refractivity contribution is -0.136. The maximum absolute atomic E-state index is 12.9. The summed E-state index contributed by atoms with van der Waals surface area (Å²) in [6.07, 6.45) is 3.83. The number of ether oxygens (including phenoxy) is 2. The molecule has 2 heterocycles. The Morgan fingerprint density at radius 2 is 2.09 bits per heavy atom. The Bertz CT molecular complexity index is 549. The summed E-state index contributed by atoms with van der Waals surface area (Å²) in [6.45, 7) is 11.1. The topological polar surface area (TPSA) is 35.5 Å². The van der Waals surface area contributed by atoms with Gasteiger partial charge in [0, 0.05) is 35.4 Å². The molecule has 4 unspecified atom stereocenters. The van der Waals surface area contributed by atoms with Crippen LogP contribution in [0, 0.1) is 11.8 Å². The average molecular weight is 414 g/mol. The molecular weight excluding hydrogens is 391 g/mol. The lowest BCUT2D eigenvalue weighted by atomic mass is 9.67. The van der Waals surface area contributed by atoms with E-state index in [-0.39, 0.29) is 29.8 Å². The van der Waals surface area contributed by atoms with Crippen molar-refractivity contribution in [3.05, 3.63) is 33.6 Å². The van der Waals surface area contributed by atoms with Crippen LogP contribution in [0.25, 0.3) is 0 Å². The van der Waals surface area contributed by atoms with Crippen LogP contribution in [0.2, 0.25) is 0 Å². The number of rotatable bonds is 2. The Labute approximate surface area is 146 Å². The average Bonchev–Trinajstić information content (AvgIpc) is 2.47. The van der Waals surface area contributed by atoms with Crippen molar-refractivity contribution in [1.29, 1.82) is 0 Å². The van der Waals surface area contributed by atoms with Gasteiger partial charge < -0.3 is 9.47 Å². The molecule has 120 valence electrons. The third-order valence-corrected chi connectivity index (χ3v) is 5.97. The van der Waals surface area contributed by atoms with Crippen molar-refractivity contribution in [2.75, 3.05) is 6.61 Å². The van der Waals surface area contributed by atoms with Crippen LogP contribution < -0.4 is 0 Å². The first-order chi connectivity index (χ1) is 10.5. The second-order valence-electron chi connectivity index (χ2n) is 6.50. The van der Waals surface area contributed by atoms with Crippen LogP contribution in [0.5, 0.6) is 0 Å². The molecule has 2 bridgehead atoms. The van der Waals surface area contributed by atoms with Gasteiger partial charge in [0.25, 0.3) is 0 Å². The summed E-state index contributed by atoms with van der Waals surface area (Å²) < 4.78 is 13.2. The first-order valence-electron chi connectivity index (χ1n) is 8.04. The highest BCUT2D eigenvalue weighted by Crippen LogP contribution is 2.47. The predicted molar refractivity (Wildman–Crippen MR) is 94.7 cm³/mol. The van der Waals surface area contributed by atoms with E-state index >= 15 is 0 Å². The van der Waals surface area contributed by atoms with Crippen molar-refractivity contribution in [2.24, 2.45) is 11.8 Å². The Hall–Kier alpha value is -0.620. The monoisotopic (exact) mass is 414 g/mol. The minimum atomic E-state index is -0.122. The molecule has 4 heteroatoms. The maximum atomic E-state index is 12.9. The second-order valence-corrected chi connectivity index (χ2v) is 7.80. The SMILES string of the molecule is C=C1C/C2=C(\I)CC(=O)C3C(OCC)CCC(=C)C3C(C1)O2. The lowest BCUT2D eigenvalue weighted by Gasteiger charge is -2.45. The smallest absolute Gasteiger partial charge is 0.144 e. The third-order valence-electron chi connectivity index (χ3n) is 4.99. The van der Waals surface area contributed by atoms with Gasteiger partial charge in [0.2, 0.25) is 0 Å². The first kappa shape index (κ1) is 16.2. The summed E-state index contributed by atoms with van der Waals surface area (Å²) in [5.74, 6) is 1.17. The molecule has 0 aromatic heterocycles. The van der Waals surface area contributed by atoms with E-state index in [9.17, 15) is 4.79 Å². The first-order valence-corrected chi connectivity index (χ1v) is 9.12. The summed E-state index contributed by atoms with van der Waals surface area (Å²) in [5, 5.41) is 0. The lowest BCUT2D eigenvalue weighted by Crippen LogP contribution is -2.48. The molecule has 2 aliphatic heterocycles. The summed E-state index contributed by atoms with van der Waals surface area (Å²) >= 11 is 2.26. The number of carbonyl (C=O) groups excluding carboxylic acids is 1. The molecule has 1 saturated heterocycles. The summed E-state index contributed by atoms with van der Waals surface area (Å²) in [5.41, 5.74) is 2.34. The van der Waals surface area contributed by atoms with E-state index in [1.54, 1.807) is 0 Å². The van der Waals surface area contributed by atoms with Crippen LogP contribution in [0.15, 0.2) is 33.6 Å². The zero-order chi connectivity index (χ0) is 15.9. The Kier molecular flexibility index (Phi) is 4.78. The molecule has 0 radical (unpaired) electrons. The number of halogens is 1. The molecule has 1 saturated carbocycles. The van der Waals surface area contributed by atoms with E-state index in [1.807, 2.05) is 6.92 Å². The fraction of sp³-hybridized carbons (Fsp3) is 0.611. The molecule has 4 atom stereocenters. The maximum Gasteiger partial charge on any atom is 0.144 e. The number of hydrogen-bond acceptors (Lipinski definition) is 3. The summed E-state index contributed by atoms with van der Waals surface area (Å²) in [7, 11) is 0. The van der Waals surface area contributed by atoms with Gasteiger partial charge >= 0.3 is 0 Å². The van der Waals surface area contributed by atoms with Gasteiger partial charge in [-0.25, -0.2) is 0 Å². The second kappa shape index (κ2) is 6.48. The molecule has 22 heavy (non-hydrogen) atoms. The third kappa shape index (κ3) is 2.92. The highest BCUT2D eigenvalue weighted by atomic mass is 127. The predicted octanol–water partition coefficient (Wildman–Crippen LogP) is 4.33. The van der Waals surface area contributed by atoms with Gasteiger partial charge in [0.1, 0.15) is 17.6 Å². The van der Waals surface area contributed by atoms with Gasteiger partial charge in [-0.1, -0.05) is 24.3 Å². The number of ketones is 1. The molecular formula is C18H23IO3. The zero-order valence-electron chi connectivity index (χ0n) is 13.1. The van der Waals surface area contributed by atoms with Crippen molar-refractivity contribution in [2.45, 2.75) is 51.2 Å². The van der Waals surface area contributed by atoms with Crippen LogP contribution in [0.3, 0.4) is 0 Å². The van der Waals surface area contributed by atoms with Crippen molar-refractivity contribution < 1.29 is 14.3 Å². The quantitative estimate of drug-likeness (QED) is 0.499. The molecule has 2 fully saturated rings. The summed E-state index contributed by atoms with van der Waals surface area (Å²) in [4.78, 5) is 12.9. The Balaban J connectivity index is 2.02. The van der Waals surface area contributed by atoms with Crippen molar-refractivity contribution >= 4 is 28.4 Å². The van der Waals surface area contributed by atoms with Gasteiger partial charge in [-0.3, -0.25) is 4.79 Å². The number of Topliss-reactive ketones (excluding diaryl/α,β-unsaturated/α-hetero) is 1. The molecule has 3 aliphatic rings. The van der Waals surface area contributed by atoms with E-state index in [2.05, 4.69) is 35.7 Å². The molecule has 0 N–H and O–H groups in total. The van der Waals surface area contributed by atoms with E-state index in [4.69, 9.17) is 9.47 Å². The van der Waals surface area contributed by atoms with Crippen LogP contribution in [-0.2, 0) is 14.3 Å². The number of fused-ring (bicyclic) bond motifs is 4. The van der Waals surface area contributed by atoms with Gasteiger partial charge in [-0.05, 0) is 42.4 Å². The Morgan fingerprint density at radius 3 is 2.82 bits per heavy atom. The number of hydrogen-bond donors (Lipinski definition) is 0. The van der Waals surface area contributed by atoms with Crippen molar-refractivity contribution in [1.82, 2.24) is 0 Å². The number of carbonyl (C=O) groups is 1. The minimum absolute atomic E-state index is 0.00228. The van der Waals surface area contributed by atoms with E-state index in [1.165, 1.54) is 5.57 Å². The molecule has 0 spiro atoms. The normalized spacial score (nSPS) is 38.9. The van der Waals surface area contributed by atoms with Gasteiger partial charge in [-0.15, -0.1) is 0 Å². The van der Waals surface area contributed by atoms with Gasteiger partial charge in [-0.2, -0.15) is 0 Å². The number of allylic oxidation sites excluding steroid dienone is 2. The fourth-order valence-corrected chi connectivity index (χ4v) is 4.73. The van der Waals surface area contributed by atoms with E-state index < -0.39 is 0 Å². The molecule has 1 aliphatic carbocycles. The van der Waals surface area contributed by atoms with Crippen LogP contribution in [0.1, 0.15) is 39.0 Å². The molecule has 3 nitrogen and oxygen atoms in total. The molecule has 0 aromatic carbocycles. The van der Waals surface area contributed by atoms with Crippen LogP contribution in [0.4, 0.5) is 0 Å². The standard InChI is InChI=1S/C18H23IO3/c1-4-21-14-6-5-11(3)17-16-8-10(2)7-15(22-16)12(19)9-13(20)18(14)17/h14,16-18H,2-9H2,1H3/b15-12+. The minimum Gasteiger partial charge on any atom is -0.493 e. The van der Waals surface area contributed by atoms with E-state index in [0.717, 1.165) is 40.6 Å². The molecule has 0 aromatic rings. The molecule has 3 rings (SSSR count). The highest BCUT2D eigenvalue weighted by Gasteiger charge is 2.47. The van der Waals surface area contributed by atoms with E-state index in [0.29, 0.717) is 13.0 Å². The highest BCUT2D eigenvalue weighted by molar-refractivity contribution is 14.1.